The van der Waals surface area contributed by atoms with Crippen molar-refractivity contribution in [1.82, 2.24) is 5.32 Å². The zero-order valence-corrected chi connectivity index (χ0v) is 9.24. The maximum absolute atomic E-state index is 11.6. The number of carboxylic acids is 1. The van der Waals surface area contributed by atoms with E-state index < -0.39 is 23.7 Å². The molecule has 2 N–H and O–H groups in total. The Bertz CT molecular complexity index is 269. The van der Waals surface area contributed by atoms with Gasteiger partial charge in [0.2, 0.25) is 0 Å². The molecule has 0 unspecified atom stereocenters. The van der Waals surface area contributed by atoms with Crippen LogP contribution in [0.2, 0.25) is 0 Å². The predicted molar refractivity (Wildman–Crippen MR) is 53.4 cm³/mol. The summed E-state index contributed by atoms with van der Waals surface area (Å²) < 4.78 is 5.16. The molecule has 0 aliphatic carbocycles. The summed E-state index contributed by atoms with van der Waals surface area (Å²) in [4.78, 5) is 22.2. The highest BCUT2D eigenvalue weighted by molar-refractivity contribution is 5.80. The number of hydrogen-bond donors (Lipinski definition) is 2. The molecule has 1 aliphatic heterocycles. The van der Waals surface area contributed by atoms with Crippen molar-refractivity contribution in [3.63, 3.8) is 0 Å². The number of ether oxygens (including phenoxy) is 1. The zero-order valence-electron chi connectivity index (χ0n) is 9.24. The quantitative estimate of drug-likeness (QED) is 0.657. The van der Waals surface area contributed by atoms with Gasteiger partial charge in [0.25, 0.3) is 0 Å². The Balaban J connectivity index is 2.47. The van der Waals surface area contributed by atoms with Gasteiger partial charge in [-0.05, 0) is 33.6 Å². The van der Waals surface area contributed by atoms with E-state index in [2.05, 4.69) is 5.32 Å². The number of carbonyl (C=O) groups is 2. The van der Waals surface area contributed by atoms with Gasteiger partial charge >= 0.3 is 11.9 Å². The first kappa shape index (κ1) is 12.0. The van der Waals surface area contributed by atoms with Crippen LogP contribution in [0.3, 0.4) is 0 Å². The smallest absolute Gasteiger partial charge is 0.323 e. The normalized spacial score (nSPS) is 26.3. The van der Waals surface area contributed by atoms with Crippen molar-refractivity contribution in [2.24, 2.45) is 0 Å². The first-order valence-corrected chi connectivity index (χ1v) is 5.01. The summed E-state index contributed by atoms with van der Waals surface area (Å²) in [5, 5.41) is 11.5. The summed E-state index contributed by atoms with van der Waals surface area (Å²) in [6.07, 6.45) is 0.991. The molecular formula is C10H17NO4. The Morgan fingerprint density at radius 3 is 2.20 bits per heavy atom. The third-order valence-corrected chi connectivity index (χ3v) is 2.14. The van der Waals surface area contributed by atoms with Crippen LogP contribution in [0.1, 0.15) is 33.6 Å². The summed E-state index contributed by atoms with van der Waals surface area (Å²) in [7, 11) is 0. The molecule has 0 saturated carbocycles. The molecule has 1 aliphatic rings. The van der Waals surface area contributed by atoms with Gasteiger partial charge in [0.05, 0.1) is 0 Å². The van der Waals surface area contributed by atoms with E-state index >= 15 is 0 Å². The van der Waals surface area contributed by atoms with E-state index in [9.17, 15) is 9.59 Å². The minimum Gasteiger partial charge on any atom is -0.480 e. The van der Waals surface area contributed by atoms with Gasteiger partial charge in [0.15, 0.2) is 0 Å². The standard InChI is InChI=1S/C10H17NO4/c1-10(2,3)15-9(14)7-5-4-6(11-7)8(12)13/h6-7,11H,4-5H2,1-3H3,(H,12,13)/t6-,7+/m1/s1. The molecule has 0 bridgehead atoms. The maximum Gasteiger partial charge on any atom is 0.323 e. The molecule has 86 valence electrons. The van der Waals surface area contributed by atoms with Crippen molar-refractivity contribution in [3.05, 3.63) is 0 Å². The first-order valence-electron chi connectivity index (χ1n) is 5.01. The van der Waals surface area contributed by atoms with Crippen LogP contribution in [0.25, 0.3) is 0 Å². The Kier molecular flexibility index (Phi) is 3.34. The largest absolute Gasteiger partial charge is 0.480 e. The first-order chi connectivity index (χ1) is 6.79. The Labute approximate surface area is 88.8 Å². The monoisotopic (exact) mass is 215 g/mol. The number of nitrogens with one attached hydrogen (secondary N) is 1. The van der Waals surface area contributed by atoms with Crippen LogP contribution in [0.5, 0.6) is 0 Å². The lowest BCUT2D eigenvalue weighted by molar-refractivity contribution is -0.157. The summed E-state index contributed by atoms with van der Waals surface area (Å²) in [6.45, 7) is 5.36. The van der Waals surface area contributed by atoms with E-state index in [-0.39, 0.29) is 5.97 Å². The van der Waals surface area contributed by atoms with Gasteiger partial charge in [-0.1, -0.05) is 0 Å². The molecule has 1 rings (SSSR count). The van der Waals surface area contributed by atoms with Crippen LogP contribution in [0.4, 0.5) is 0 Å². The number of aliphatic carboxylic acids is 1. The fourth-order valence-electron chi connectivity index (χ4n) is 1.50. The van der Waals surface area contributed by atoms with Crippen LogP contribution in [-0.2, 0) is 14.3 Å². The number of esters is 1. The van der Waals surface area contributed by atoms with E-state index in [0.29, 0.717) is 12.8 Å². The molecule has 1 heterocycles. The van der Waals surface area contributed by atoms with Crippen molar-refractivity contribution in [2.75, 3.05) is 0 Å². The molecule has 1 fully saturated rings. The van der Waals surface area contributed by atoms with Crippen molar-refractivity contribution in [1.29, 1.82) is 0 Å². The number of carbonyl (C=O) groups excluding carboxylic acids is 1. The van der Waals surface area contributed by atoms with Crippen LogP contribution in [0.15, 0.2) is 0 Å². The molecular weight excluding hydrogens is 198 g/mol. The Morgan fingerprint density at radius 2 is 1.80 bits per heavy atom. The van der Waals surface area contributed by atoms with E-state index in [1.807, 2.05) is 0 Å². The number of carboxylic acid groups (broad SMARTS) is 1. The lowest BCUT2D eigenvalue weighted by Crippen LogP contribution is -2.42. The fourth-order valence-corrected chi connectivity index (χ4v) is 1.50. The van der Waals surface area contributed by atoms with Crippen LogP contribution >= 0.6 is 0 Å². The van der Waals surface area contributed by atoms with Gasteiger partial charge < -0.3 is 9.84 Å². The summed E-state index contributed by atoms with van der Waals surface area (Å²) in [6, 6.07) is -1.10. The van der Waals surface area contributed by atoms with Gasteiger partial charge in [-0.2, -0.15) is 0 Å². The number of hydrogen-bond acceptors (Lipinski definition) is 4. The molecule has 0 amide bonds. The van der Waals surface area contributed by atoms with Crippen LogP contribution < -0.4 is 5.32 Å². The van der Waals surface area contributed by atoms with Gasteiger partial charge in [-0.15, -0.1) is 0 Å². The third kappa shape index (κ3) is 3.51. The predicted octanol–water partition coefficient (Wildman–Crippen LogP) is 0.533. The lowest BCUT2D eigenvalue weighted by Gasteiger charge is -2.22. The maximum atomic E-state index is 11.6. The van der Waals surface area contributed by atoms with E-state index in [0.717, 1.165) is 0 Å². The molecule has 2 atom stereocenters. The highest BCUT2D eigenvalue weighted by Gasteiger charge is 2.35. The SMILES string of the molecule is CC(C)(C)OC(=O)[C@@H]1CC[C@H](C(=O)O)N1. The molecule has 0 aromatic carbocycles. The third-order valence-electron chi connectivity index (χ3n) is 2.14. The van der Waals surface area contributed by atoms with Gasteiger partial charge in [0.1, 0.15) is 17.7 Å². The molecule has 5 nitrogen and oxygen atoms in total. The summed E-state index contributed by atoms with van der Waals surface area (Å²) in [5.41, 5.74) is -0.528. The van der Waals surface area contributed by atoms with Crippen molar-refractivity contribution in [2.45, 2.75) is 51.3 Å². The Hall–Kier alpha value is -1.10. The van der Waals surface area contributed by atoms with Crippen molar-refractivity contribution < 1.29 is 19.4 Å². The molecule has 15 heavy (non-hydrogen) atoms. The second-order valence-corrected chi connectivity index (χ2v) is 4.72. The average molecular weight is 215 g/mol. The highest BCUT2D eigenvalue weighted by Crippen LogP contribution is 2.16. The van der Waals surface area contributed by atoms with Crippen LogP contribution in [0, 0.1) is 0 Å². The minimum absolute atomic E-state index is 0.369. The van der Waals surface area contributed by atoms with E-state index in [1.54, 1.807) is 20.8 Å². The van der Waals surface area contributed by atoms with Gasteiger partial charge in [-0.25, -0.2) is 0 Å². The second kappa shape index (κ2) is 4.18. The number of rotatable bonds is 2. The molecule has 0 aromatic heterocycles. The molecule has 0 radical (unpaired) electrons. The highest BCUT2D eigenvalue weighted by atomic mass is 16.6. The van der Waals surface area contributed by atoms with Crippen molar-refractivity contribution >= 4 is 11.9 Å². The average Bonchev–Trinajstić information content (AvgIpc) is 2.47. The summed E-state index contributed by atoms with van der Waals surface area (Å²) >= 11 is 0. The zero-order chi connectivity index (χ0) is 11.6. The summed E-state index contributed by atoms with van der Waals surface area (Å²) in [5.74, 6) is -1.28. The van der Waals surface area contributed by atoms with E-state index in [4.69, 9.17) is 9.84 Å². The van der Waals surface area contributed by atoms with E-state index in [1.165, 1.54) is 0 Å². The van der Waals surface area contributed by atoms with Crippen molar-refractivity contribution in [3.8, 4) is 0 Å². The Morgan fingerprint density at radius 1 is 1.27 bits per heavy atom. The molecule has 1 saturated heterocycles. The molecule has 0 aromatic rings. The fraction of sp³-hybridized carbons (Fsp3) is 0.800. The van der Waals surface area contributed by atoms with Gasteiger partial charge in [-0.3, -0.25) is 14.9 Å². The van der Waals surface area contributed by atoms with Gasteiger partial charge in [0, 0.05) is 0 Å². The topological polar surface area (TPSA) is 75.6 Å². The van der Waals surface area contributed by atoms with Crippen LogP contribution in [-0.4, -0.2) is 34.7 Å². The lowest BCUT2D eigenvalue weighted by atomic mass is 10.1. The minimum atomic E-state index is -0.916. The molecule has 0 spiro atoms. The second-order valence-electron chi connectivity index (χ2n) is 4.72. The molecule has 5 heteroatoms.